The van der Waals surface area contributed by atoms with Gasteiger partial charge in [-0.1, -0.05) is 34.6 Å². The molecule has 32 heavy (non-hydrogen) atoms. The van der Waals surface area contributed by atoms with Crippen molar-refractivity contribution in [3.8, 4) is 0 Å². The van der Waals surface area contributed by atoms with E-state index < -0.39 is 23.1 Å². The standard InChI is InChI=1S/C27H42O5/c1-14(2)18-10-11-24(6)19(18)13-26(31)21(22(24)32-17(5)28)15(3)9-12-25-16(4)7-8-20(25)27(25,26)23(29)30/h14-16,18-22,31H,7-13H2,1-6H3,(H,29,30). The summed E-state index contributed by atoms with van der Waals surface area (Å²) in [7, 11) is 0. The molecule has 5 heteroatoms. The number of carboxylic acids is 1. The number of hydrogen-bond donors (Lipinski definition) is 2. The van der Waals surface area contributed by atoms with E-state index in [1.54, 1.807) is 0 Å². The first-order valence-corrected chi connectivity index (χ1v) is 13.0. The van der Waals surface area contributed by atoms with E-state index in [0.717, 1.165) is 38.5 Å². The summed E-state index contributed by atoms with van der Waals surface area (Å²) in [5.74, 6) is 0.0662. The highest BCUT2D eigenvalue weighted by molar-refractivity contribution is 5.84. The van der Waals surface area contributed by atoms with Crippen molar-refractivity contribution in [2.45, 2.75) is 98.2 Å². The lowest BCUT2D eigenvalue weighted by molar-refractivity contribution is -0.239. The Balaban J connectivity index is 1.72. The van der Waals surface area contributed by atoms with Crippen LogP contribution in [0.15, 0.2) is 0 Å². The van der Waals surface area contributed by atoms with Crippen LogP contribution in [0.4, 0.5) is 0 Å². The van der Waals surface area contributed by atoms with Crippen LogP contribution in [0.1, 0.15) is 86.5 Å². The van der Waals surface area contributed by atoms with Crippen molar-refractivity contribution < 1.29 is 24.5 Å². The molecule has 0 saturated heterocycles. The largest absolute Gasteiger partial charge is 0.481 e. The van der Waals surface area contributed by atoms with Gasteiger partial charge in [-0.3, -0.25) is 9.59 Å². The Morgan fingerprint density at radius 3 is 2.34 bits per heavy atom. The molecule has 0 aromatic carbocycles. The minimum Gasteiger partial charge on any atom is -0.481 e. The lowest BCUT2D eigenvalue weighted by Crippen LogP contribution is -2.67. The van der Waals surface area contributed by atoms with Crippen LogP contribution < -0.4 is 0 Å². The van der Waals surface area contributed by atoms with Gasteiger partial charge in [0.1, 0.15) is 11.5 Å². The van der Waals surface area contributed by atoms with E-state index in [9.17, 15) is 19.8 Å². The summed E-state index contributed by atoms with van der Waals surface area (Å²) in [6, 6.07) is 0. The van der Waals surface area contributed by atoms with Crippen molar-refractivity contribution >= 4 is 11.9 Å². The molecule has 0 radical (unpaired) electrons. The molecule has 0 aliphatic heterocycles. The van der Waals surface area contributed by atoms with Gasteiger partial charge in [0.15, 0.2) is 0 Å². The number of esters is 1. The number of carbonyl (C=O) groups excluding carboxylic acids is 1. The first kappa shape index (κ1) is 22.7. The summed E-state index contributed by atoms with van der Waals surface area (Å²) in [6.07, 6.45) is 5.85. The summed E-state index contributed by atoms with van der Waals surface area (Å²) in [6.45, 7) is 12.6. The van der Waals surface area contributed by atoms with Gasteiger partial charge in [0, 0.05) is 18.3 Å². The summed E-state index contributed by atoms with van der Waals surface area (Å²) < 4.78 is 6.14. The van der Waals surface area contributed by atoms with Gasteiger partial charge in [0.2, 0.25) is 0 Å². The SMILES string of the molecule is CC(=O)OC1C2C(C)CCC34C(C)CCC3C4(C(=O)O)C2(O)CC2C(C(C)C)CCC21C. The molecule has 2 N–H and O–H groups in total. The van der Waals surface area contributed by atoms with E-state index in [1.165, 1.54) is 6.92 Å². The molecule has 0 heterocycles. The normalized spacial score (nSPS) is 55.9. The molecule has 0 bridgehead atoms. The maximum Gasteiger partial charge on any atom is 0.313 e. The van der Waals surface area contributed by atoms with Gasteiger partial charge in [-0.25, -0.2) is 0 Å². The van der Waals surface area contributed by atoms with Crippen molar-refractivity contribution in [1.29, 1.82) is 0 Å². The molecule has 1 spiro atoms. The molecule has 5 nitrogen and oxygen atoms in total. The monoisotopic (exact) mass is 446 g/mol. The van der Waals surface area contributed by atoms with Crippen molar-refractivity contribution in [1.82, 2.24) is 0 Å². The third kappa shape index (κ3) is 2.30. The molecule has 0 aromatic heterocycles. The predicted octanol–water partition coefficient (Wildman–Crippen LogP) is 4.90. The van der Waals surface area contributed by atoms with Gasteiger partial charge in [-0.05, 0) is 85.9 Å². The number of aliphatic carboxylic acids is 1. The van der Waals surface area contributed by atoms with Crippen molar-refractivity contribution in [3.05, 3.63) is 0 Å². The first-order chi connectivity index (χ1) is 14.9. The lowest BCUT2D eigenvalue weighted by Gasteiger charge is -2.59. The Morgan fingerprint density at radius 2 is 1.75 bits per heavy atom. The van der Waals surface area contributed by atoms with Crippen LogP contribution in [-0.4, -0.2) is 33.9 Å². The fourth-order valence-corrected chi connectivity index (χ4v) is 10.6. The molecule has 0 amide bonds. The number of rotatable bonds is 3. The maximum absolute atomic E-state index is 13.2. The first-order valence-electron chi connectivity index (χ1n) is 13.0. The van der Waals surface area contributed by atoms with E-state index in [2.05, 4.69) is 34.6 Å². The number of carboxylic acid groups (broad SMARTS) is 1. The molecule has 5 aliphatic rings. The number of aliphatic hydroxyl groups is 1. The zero-order valence-corrected chi connectivity index (χ0v) is 20.7. The average molecular weight is 447 g/mol. The second-order valence-corrected chi connectivity index (χ2v) is 12.9. The zero-order chi connectivity index (χ0) is 23.4. The highest BCUT2D eigenvalue weighted by Crippen LogP contribution is 2.88. The smallest absolute Gasteiger partial charge is 0.313 e. The van der Waals surface area contributed by atoms with Crippen molar-refractivity contribution in [2.24, 2.45) is 57.7 Å². The van der Waals surface area contributed by atoms with E-state index >= 15 is 0 Å². The summed E-state index contributed by atoms with van der Waals surface area (Å²) >= 11 is 0. The molecule has 5 fully saturated rings. The molecule has 11 unspecified atom stereocenters. The Morgan fingerprint density at radius 1 is 1.06 bits per heavy atom. The van der Waals surface area contributed by atoms with E-state index in [0.29, 0.717) is 24.2 Å². The second kappa shape index (κ2) is 6.73. The second-order valence-electron chi connectivity index (χ2n) is 12.9. The molecule has 0 aromatic rings. The molecule has 5 rings (SSSR count). The van der Waals surface area contributed by atoms with Gasteiger partial charge in [0.05, 0.1) is 5.60 Å². The Bertz CT molecular complexity index is 838. The highest BCUT2D eigenvalue weighted by Gasteiger charge is 2.92. The fraction of sp³-hybridized carbons (Fsp3) is 0.926. The third-order valence-electron chi connectivity index (χ3n) is 11.8. The topological polar surface area (TPSA) is 83.8 Å². The Kier molecular flexibility index (Phi) is 4.77. The van der Waals surface area contributed by atoms with Gasteiger partial charge in [-0.2, -0.15) is 0 Å². The third-order valence-corrected chi connectivity index (χ3v) is 11.8. The van der Waals surface area contributed by atoms with Crippen LogP contribution in [0.5, 0.6) is 0 Å². The minimum absolute atomic E-state index is 0.0451. The number of hydrogen-bond acceptors (Lipinski definition) is 4. The fourth-order valence-electron chi connectivity index (χ4n) is 10.6. The quantitative estimate of drug-likeness (QED) is 0.602. The molecular formula is C27H42O5. The van der Waals surface area contributed by atoms with Crippen LogP contribution in [0.25, 0.3) is 0 Å². The van der Waals surface area contributed by atoms with E-state index in [4.69, 9.17) is 4.74 Å². The average Bonchev–Trinajstić information content (AvgIpc) is 3.01. The molecule has 5 saturated carbocycles. The number of fused-ring (bicyclic) bond motifs is 4. The summed E-state index contributed by atoms with van der Waals surface area (Å²) in [4.78, 5) is 25.6. The van der Waals surface area contributed by atoms with Gasteiger partial charge in [-0.15, -0.1) is 0 Å². The van der Waals surface area contributed by atoms with Crippen LogP contribution in [0.3, 0.4) is 0 Å². The number of carbonyl (C=O) groups is 2. The molecular weight excluding hydrogens is 404 g/mol. The van der Waals surface area contributed by atoms with Crippen molar-refractivity contribution in [3.63, 3.8) is 0 Å². The summed E-state index contributed by atoms with van der Waals surface area (Å²) in [5.41, 5.74) is -2.96. The molecule has 5 aliphatic carbocycles. The predicted molar refractivity (Wildman–Crippen MR) is 121 cm³/mol. The number of ether oxygens (including phenoxy) is 1. The van der Waals surface area contributed by atoms with Crippen molar-refractivity contribution in [2.75, 3.05) is 0 Å². The van der Waals surface area contributed by atoms with E-state index in [1.807, 2.05) is 0 Å². The molecule has 11 atom stereocenters. The minimum atomic E-state index is -1.34. The highest BCUT2D eigenvalue weighted by atomic mass is 16.5. The van der Waals surface area contributed by atoms with Crippen LogP contribution in [-0.2, 0) is 14.3 Å². The Labute approximate surface area is 192 Å². The zero-order valence-electron chi connectivity index (χ0n) is 20.7. The Hall–Kier alpha value is -1.10. The van der Waals surface area contributed by atoms with Gasteiger partial charge in [0.25, 0.3) is 0 Å². The van der Waals surface area contributed by atoms with Crippen LogP contribution >= 0.6 is 0 Å². The summed E-state index contributed by atoms with van der Waals surface area (Å²) in [5, 5.41) is 23.7. The van der Waals surface area contributed by atoms with Gasteiger partial charge < -0.3 is 14.9 Å². The van der Waals surface area contributed by atoms with Crippen LogP contribution in [0.2, 0.25) is 0 Å². The van der Waals surface area contributed by atoms with E-state index in [-0.39, 0.29) is 40.5 Å². The maximum atomic E-state index is 13.2. The molecule has 180 valence electrons. The van der Waals surface area contributed by atoms with Gasteiger partial charge >= 0.3 is 11.9 Å². The lowest BCUT2D eigenvalue weighted by atomic mass is 9.49. The van der Waals surface area contributed by atoms with Crippen LogP contribution in [0, 0.1) is 57.7 Å².